The average Bonchev–Trinajstić information content (AvgIpc) is 3.27. The van der Waals surface area contributed by atoms with Crippen molar-refractivity contribution in [2.45, 2.75) is 6.04 Å². The molecule has 1 aromatic carbocycles. The van der Waals surface area contributed by atoms with E-state index in [4.69, 9.17) is 0 Å². The Morgan fingerprint density at radius 2 is 1.96 bits per heavy atom. The minimum absolute atomic E-state index is 0.147. The Labute approximate surface area is 162 Å². The van der Waals surface area contributed by atoms with Crippen molar-refractivity contribution in [1.82, 2.24) is 9.80 Å². The van der Waals surface area contributed by atoms with E-state index in [1.54, 1.807) is 11.0 Å². The zero-order valence-corrected chi connectivity index (χ0v) is 16.1. The van der Waals surface area contributed by atoms with E-state index in [0.717, 1.165) is 10.4 Å². The van der Waals surface area contributed by atoms with Crippen molar-refractivity contribution < 1.29 is 14.7 Å². The molecule has 1 atom stereocenters. The van der Waals surface area contributed by atoms with Gasteiger partial charge in [-0.15, -0.1) is 11.3 Å². The van der Waals surface area contributed by atoms with Crippen LogP contribution in [0.1, 0.15) is 16.5 Å². The van der Waals surface area contributed by atoms with Crippen LogP contribution in [0.2, 0.25) is 0 Å². The maximum absolute atomic E-state index is 12.9. The number of likely N-dealkylation sites (N-methyl/N-ethyl adjacent to an activating group) is 1. The third-order valence-electron chi connectivity index (χ3n) is 4.40. The summed E-state index contributed by atoms with van der Waals surface area (Å²) in [6.07, 6.45) is 3.12. The van der Waals surface area contributed by atoms with Crippen LogP contribution < -0.4 is 0 Å². The molecule has 1 aliphatic rings. The first-order valence-corrected chi connectivity index (χ1v) is 9.56. The lowest BCUT2D eigenvalue weighted by molar-refractivity contribution is -0.129. The predicted octanol–water partition coefficient (Wildman–Crippen LogP) is 3.29. The number of carbonyl (C=O) groups excluding carboxylic acids is 2. The molecule has 2 heterocycles. The number of amides is 1. The minimum atomic E-state index is -0.551. The summed E-state index contributed by atoms with van der Waals surface area (Å²) in [7, 11) is 3.84. The van der Waals surface area contributed by atoms with Gasteiger partial charge in [-0.2, -0.15) is 0 Å². The summed E-state index contributed by atoms with van der Waals surface area (Å²) in [6, 6.07) is 12.7. The molecule has 0 saturated heterocycles. The second-order valence-electron chi connectivity index (χ2n) is 6.59. The summed E-state index contributed by atoms with van der Waals surface area (Å²) in [5, 5.41) is 12.4. The van der Waals surface area contributed by atoms with E-state index in [1.807, 2.05) is 66.8 Å². The van der Waals surface area contributed by atoms with E-state index in [9.17, 15) is 14.7 Å². The van der Waals surface area contributed by atoms with Crippen LogP contribution in [0.4, 0.5) is 0 Å². The summed E-state index contributed by atoms with van der Waals surface area (Å²) in [6.45, 7) is 1.07. The first-order valence-electron chi connectivity index (χ1n) is 8.68. The maximum atomic E-state index is 12.9. The van der Waals surface area contributed by atoms with Crippen molar-refractivity contribution in [3.63, 3.8) is 0 Å². The number of benzene rings is 1. The van der Waals surface area contributed by atoms with Gasteiger partial charge in [0.25, 0.3) is 5.91 Å². The number of allylic oxidation sites excluding steroid dienone is 1. The molecule has 0 saturated carbocycles. The highest BCUT2D eigenvalue weighted by Gasteiger charge is 2.43. The molecule has 1 unspecified atom stereocenters. The lowest BCUT2D eigenvalue weighted by atomic mass is 10.0. The van der Waals surface area contributed by atoms with Gasteiger partial charge in [0.2, 0.25) is 0 Å². The fourth-order valence-corrected chi connectivity index (χ4v) is 3.86. The molecule has 2 aromatic rings. The van der Waals surface area contributed by atoms with Crippen molar-refractivity contribution in [2.24, 2.45) is 0 Å². The number of thiophene rings is 1. The molecule has 0 radical (unpaired) electrons. The Kier molecular flexibility index (Phi) is 5.88. The first-order chi connectivity index (χ1) is 13.0. The van der Waals surface area contributed by atoms with Gasteiger partial charge < -0.3 is 14.9 Å². The van der Waals surface area contributed by atoms with Gasteiger partial charge in [0.1, 0.15) is 0 Å². The lowest BCUT2D eigenvalue weighted by Crippen LogP contribution is -2.36. The third kappa shape index (κ3) is 4.18. The molecule has 140 valence electrons. The zero-order valence-electron chi connectivity index (χ0n) is 15.3. The van der Waals surface area contributed by atoms with Gasteiger partial charge in [0, 0.05) is 18.0 Å². The van der Waals surface area contributed by atoms with Crippen molar-refractivity contribution in [2.75, 3.05) is 27.2 Å². The highest BCUT2D eigenvalue weighted by Crippen LogP contribution is 2.39. The maximum Gasteiger partial charge on any atom is 0.290 e. The van der Waals surface area contributed by atoms with Crippen LogP contribution in [0.25, 0.3) is 6.08 Å². The molecular weight excluding hydrogens is 360 g/mol. The average molecular weight is 382 g/mol. The van der Waals surface area contributed by atoms with Crippen LogP contribution >= 0.6 is 11.3 Å². The standard InChI is InChI=1S/C21H22N2O3S/c1-22(2)12-13-23-19(17-9-6-14-27-17)18(20(25)21(23)26)16(24)11-10-15-7-4-3-5-8-15/h3-11,14,19,25H,12-13H2,1-2H3/b11-10+. The van der Waals surface area contributed by atoms with Crippen LogP contribution in [-0.2, 0) is 9.59 Å². The predicted molar refractivity (Wildman–Crippen MR) is 107 cm³/mol. The first kappa shape index (κ1) is 19.1. The number of aliphatic hydroxyl groups is 1. The van der Waals surface area contributed by atoms with E-state index >= 15 is 0 Å². The van der Waals surface area contributed by atoms with Crippen LogP contribution in [0.15, 0.2) is 65.3 Å². The second kappa shape index (κ2) is 8.33. The fourth-order valence-electron chi connectivity index (χ4n) is 3.01. The molecule has 0 spiro atoms. The van der Waals surface area contributed by atoms with Crippen LogP contribution in [-0.4, -0.2) is 53.8 Å². The molecule has 0 fully saturated rings. The topological polar surface area (TPSA) is 60.9 Å². The highest BCUT2D eigenvalue weighted by molar-refractivity contribution is 7.10. The van der Waals surface area contributed by atoms with Crippen LogP contribution in [0.5, 0.6) is 0 Å². The Morgan fingerprint density at radius 1 is 1.22 bits per heavy atom. The quantitative estimate of drug-likeness (QED) is 0.747. The van der Waals surface area contributed by atoms with Crippen LogP contribution in [0.3, 0.4) is 0 Å². The smallest absolute Gasteiger partial charge is 0.290 e. The summed E-state index contributed by atoms with van der Waals surface area (Å²) < 4.78 is 0. The fraction of sp³-hybridized carbons (Fsp3) is 0.238. The van der Waals surface area contributed by atoms with Crippen molar-refractivity contribution in [3.8, 4) is 0 Å². The Balaban J connectivity index is 1.92. The molecule has 27 heavy (non-hydrogen) atoms. The van der Waals surface area contributed by atoms with Gasteiger partial charge in [-0.1, -0.05) is 42.5 Å². The van der Waals surface area contributed by atoms with E-state index < -0.39 is 17.7 Å². The van der Waals surface area contributed by atoms with Gasteiger partial charge in [-0.05, 0) is 37.2 Å². The molecule has 1 aliphatic heterocycles. The molecule has 0 aliphatic carbocycles. The van der Waals surface area contributed by atoms with Gasteiger partial charge in [0.15, 0.2) is 11.5 Å². The summed E-state index contributed by atoms with van der Waals surface area (Å²) >= 11 is 1.47. The second-order valence-corrected chi connectivity index (χ2v) is 7.57. The van der Waals surface area contributed by atoms with Crippen LogP contribution in [0, 0.1) is 0 Å². The van der Waals surface area contributed by atoms with E-state index in [0.29, 0.717) is 13.1 Å². The molecule has 3 rings (SSSR count). The summed E-state index contributed by atoms with van der Waals surface area (Å²) in [5.41, 5.74) is 1.03. The zero-order chi connectivity index (χ0) is 19.4. The molecule has 0 bridgehead atoms. The normalized spacial score (nSPS) is 17.5. The van der Waals surface area contributed by atoms with E-state index in [-0.39, 0.29) is 11.4 Å². The largest absolute Gasteiger partial charge is 0.503 e. The molecule has 5 nitrogen and oxygen atoms in total. The Hall–Kier alpha value is -2.70. The van der Waals surface area contributed by atoms with Gasteiger partial charge in [0.05, 0.1) is 11.6 Å². The number of hydrogen-bond donors (Lipinski definition) is 1. The number of ketones is 1. The molecule has 1 aromatic heterocycles. The van der Waals surface area contributed by atoms with E-state index in [1.165, 1.54) is 17.4 Å². The number of rotatable bonds is 7. The van der Waals surface area contributed by atoms with Gasteiger partial charge in [-0.25, -0.2) is 0 Å². The third-order valence-corrected chi connectivity index (χ3v) is 5.32. The SMILES string of the molecule is CN(C)CCN1C(=O)C(O)=C(C(=O)/C=C/c2ccccc2)C1c1cccs1. The summed E-state index contributed by atoms with van der Waals surface area (Å²) in [5.74, 6) is -1.29. The molecule has 6 heteroatoms. The van der Waals surface area contributed by atoms with E-state index in [2.05, 4.69) is 0 Å². The monoisotopic (exact) mass is 382 g/mol. The Bertz CT molecular complexity index is 870. The number of carbonyl (C=O) groups is 2. The van der Waals surface area contributed by atoms with Gasteiger partial charge in [-0.3, -0.25) is 9.59 Å². The molecule has 1 amide bonds. The minimum Gasteiger partial charge on any atom is -0.503 e. The number of aliphatic hydroxyl groups excluding tert-OH is 1. The van der Waals surface area contributed by atoms with Gasteiger partial charge >= 0.3 is 0 Å². The van der Waals surface area contributed by atoms with Crippen molar-refractivity contribution in [1.29, 1.82) is 0 Å². The number of nitrogens with zero attached hydrogens (tertiary/aromatic N) is 2. The number of hydrogen-bond acceptors (Lipinski definition) is 5. The van der Waals surface area contributed by atoms with Crippen molar-refractivity contribution in [3.05, 3.63) is 75.7 Å². The molecular formula is C21H22N2O3S. The Morgan fingerprint density at radius 3 is 2.59 bits per heavy atom. The summed E-state index contributed by atoms with van der Waals surface area (Å²) in [4.78, 5) is 29.9. The van der Waals surface area contributed by atoms with Crippen molar-refractivity contribution >= 4 is 29.1 Å². The highest BCUT2D eigenvalue weighted by atomic mass is 32.1. The lowest BCUT2D eigenvalue weighted by Gasteiger charge is -2.26. The molecule has 1 N–H and O–H groups in total.